The molecule has 2 N–H and O–H groups in total. The van der Waals surface area contributed by atoms with Gasteiger partial charge in [-0.05, 0) is 36.6 Å². The summed E-state index contributed by atoms with van der Waals surface area (Å²) in [6.07, 6.45) is 2.44. The lowest BCUT2D eigenvalue weighted by Gasteiger charge is -2.21. The maximum atomic E-state index is 12.9. The highest BCUT2D eigenvalue weighted by molar-refractivity contribution is 5.85. The fourth-order valence-electron chi connectivity index (χ4n) is 3.11. The van der Waals surface area contributed by atoms with Crippen molar-refractivity contribution in [2.75, 3.05) is 19.6 Å². The van der Waals surface area contributed by atoms with Gasteiger partial charge in [0.15, 0.2) is 0 Å². The summed E-state index contributed by atoms with van der Waals surface area (Å²) in [5.41, 5.74) is 3.31. The van der Waals surface area contributed by atoms with Crippen LogP contribution in [0.2, 0.25) is 0 Å². The Labute approximate surface area is 173 Å². The Hall–Kier alpha value is -2.30. The Morgan fingerprint density at radius 2 is 1.86 bits per heavy atom. The van der Waals surface area contributed by atoms with Crippen molar-refractivity contribution < 1.29 is 9.53 Å². The van der Waals surface area contributed by atoms with Crippen LogP contribution in [-0.4, -0.2) is 25.5 Å². The van der Waals surface area contributed by atoms with E-state index in [-0.39, 0.29) is 18.3 Å². The summed E-state index contributed by atoms with van der Waals surface area (Å²) < 4.78 is 6.15. The molecule has 1 unspecified atom stereocenters. The zero-order valence-electron chi connectivity index (χ0n) is 16.5. The molecule has 2 aromatic rings. The number of carbonyl (C=O) groups is 1. The highest BCUT2D eigenvalue weighted by Gasteiger charge is 2.23. The molecule has 0 aliphatic carbocycles. The van der Waals surface area contributed by atoms with Gasteiger partial charge in [-0.3, -0.25) is 4.79 Å². The fraction of sp³-hybridized carbons (Fsp3) is 0.348. The van der Waals surface area contributed by atoms with Gasteiger partial charge in [0, 0.05) is 18.7 Å². The molecular formula is C23H29ClN2O2. The molecular weight excluding hydrogens is 372 g/mol. The van der Waals surface area contributed by atoms with Crippen LogP contribution in [0.25, 0.3) is 0 Å². The number of hydrogen-bond acceptors (Lipinski definition) is 3. The molecule has 1 heterocycles. The summed E-state index contributed by atoms with van der Waals surface area (Å²) in [6, 6.07) is 17.6. The predicted octanol–water partition coefficient (Wildman–Crippen LogP) is 4.39. The van der Waals surface area contributed by atoms with E-state index < -0.39 is 6.10 Å². The highest BCUT2D eigenvalue weighted by Crippen LogP contribution is 2.26. The van der Waals surface area contributed by atoms with Crippen LogP contribution in [0.5, 0.6) is 5.75 Å². The van der Waals surface area contributed by atoms with Crippen LogP contribution in [-0.2, 0) is 4.79 Å². The van der Waals surface area contributed by atoms with Gasteiger partial charge in [-0.1, -0.05) is 68.0 Å². The summed E-state index contributed by atoms with van der Waals surface area (Å²) in [7, 11) is 0. The van der Waals surface area contributed by atoms with Crippen molar-refractivity contribution in [2.45, 2.75) is 32.3 Å². The van der Waals surface area contributed by atoms with Gasteiger partial charge in [-0.25, -0.2) is 0 Å². The Kier molecular flexibility index (Phi) is 8.55. The molecule has 4 nitrogen and oxygen atoms in total. The molecule has 0 saturated carbocycles. The Bertz CT molecular complexity index is 790. The van der Waals surface area contributed by atoms with E-state index in [9.17, 15) is 4.79 Å². The first-order valence-electron chi connectivity index (χ1n) is 9.61. The van der Waals surface area contributed by atoms with Crippen molar-refractivity contribution in [1.82, 2.24) is 10.6 Å². The number of nitrogens with one attached hydrogen (secondary N) is 2. The summed E-state index contributed by atoms with van der Waals surface area (Å²) in [5.74, 6) is 1.01. The first-order valence-corrected chi connectivity index (χ1v) is 9.61. The molecule has 0 radical (unpaired) electrons. The Balaban J connectivity index is 0.00000280. The van der Waals surface area contributed by atoms with Gasteiger partial charge < -0.3 is 15.4 Å². The molecule has 0 fully saturated rings. The number of rotatable bonds is 7. The van der Waals surface area contributed by atoms with E-state index in [0.717, 1.165) is 25.1 Å². The average Bonchev–Trinajstić information content (AvgIpc) is 2.72. The lowest BCUT2D eigenvalue weighted by atomic mass is 10.0. The van der Waals surface area contributed by atoms with Crippen molar-refractivity contribution in [3.05, 3.63) is 77.4 Å². The van der Waals surface area contributed by atoms with E-state index >= 15 is 0 Å². The van der Waals surface area contributed by atoms with E-state index in [0.29, 0.717) is 18.2 Å². The minimum atomic E-state index is -0.670. The summed E-state index contributed by atoms with van der Waals surface area (Å²) >= 11 is 0. The van der Waals surface area contributed by atoms with Gasteiger partial charge in [0.2, 0.25) is 6.10 Å². The third-order valence-electron chi connectivity index (χ3n) is 4.77. The van der Waals surface area contributed by atoms with Crippen LogP contribution in [0.15, 0.2) is 66.2 Å². The molecule has 3 rings (SSSR count). The first-order chi connectivity index (χ1) is 13.1. The fourth-order valence-corrected chi connectivity index (χ4v) is 3.11. The monoisotopic (exact) mass is 400 g/mol. The van der Waals surface area contributed by atoms with Crippen molar-refractivity contribution >= 4 is 18.3 Å². The SMILES string of the molecule is CC(C)c1cccc(OC(C(=O)NCC2=CCNCC2)c2ccccc2)c1.Cl. The zero-order valence-corrected chi connectivity index (χ0v) is 17.3. The number of benzene rings is 2. The minimum absolute atomic E-state index is 0. The molecule has 0 aromatic heterocycles. The van der Waals surface area contributed by atoms with Crippen molar-refractivity contribution in [1.29, 1.82) is 0 Å². The molecule has 5 heteroatoms. The van der Waals surface area contributed by atoms with Crippen LogP contribution in [0, 0.1) is 0 Å². The van der Waals surface area contributed by atoms with E-state index in [1.165, 1.54) is 11.1 Å². The largest absolute Gasteiger partial charge is 0.476 e. The van der Waals surface area contributed by atoms with Gasteiger partial charge in [-0.2, -0.15) is 0 Å². The molecule has 0 bridgehead atoms. The molecule has 0 spiro atoms. The van der Waals surface area contributed by atoms with Crippen molar-refractivity contribution in [3.8, 4) is 5.75 Å². The predicted molar refractivity (Wildman–Crippen MR) is 116 cm³/mol. The molecule has 1 aliphatic rings. The minimum Gasteiger partial charge on any atom is -0.476 e. The summed E-state index contributed by atoms with van der Waals surface area (Å²) in [6.45, 7) is 6.69. The second-order valence-electron chi connectivity index (χ2n) is 7.17. The summed E-state index contributed by atoms with van der Waals surface area (Å²) in [5, 5.41) is 6.33. The third-order valence-corrected chi connectivity index (χ3v) is 4.77. The quantitative estimate of drug-likeness (QED) is 0.678. The number of amides is 1. The van der Waals surface area contributed by atoms with E-state index in [1.54, 1.807) is 0 Å². The summed E-state index contributed by atoms with van der Waals surface area (Å²) in [4.78, 5) is 12.9. The molecule has 0 saturated heterocycles. The lowest BCUT2D eigenvalue weighted by molar-refractivity contribution is -0.128. The topological polar surface area (TPSA) is 50.4 Å². The van der Waals surface area contributed by atoms with Crippen LogP contribution >= 0.6 is 12.4 Å². The number of carbonyl (C=O) groups excluding carboxylic acids is 1. The number of halogens is 1. The van der Waals surface area contributed by atoms with E-state index in [4.69, 9.17) is 4.74 Å². The van der Waals surface area contributed by atoms with E-state index in [2.05, 4.69) is 36.6 Å². The number of ether oxygens (including phenoxy) is 1. The van der Waals surface area contributed by atoms with Crippen LogP contribution < -0.4 is 15.4 Å². The maximum absolute atomic E-state index is 12.9. The maximum Gasteiger partial charge on any atom is 0.266 e. The van der Waals surface area contributed by atoms with Crippen molar-refractivity contribution in [3.63, 3.8) is 0 Å². The third kappa shape index (κ3) is 6.11. The molecule has 1 amide bonds. The van der Waals surface area contributed by atoms with Crippen LogP contribution in [0.3, 0.4) is 0 Å². The molecule has 1 atom stereocenters. The Morgan fingerprint density at radius 3 is 2.54 bits per heavy atom. The van der Waals surface area contributed by atoms with Crippen molar-refractivity contribution in [2.24, 2.45) is 0 Å². The van der Waals surface area contributed by atoms with Gasteiger partial charge in [-0.15, -0.1) is 12.4 Å². The first kappa shape index (κ1) is 22.0. The zero-order chi connectivity index (χ0) is 19.1. The highest BCUT2D eigenvalue weighted by atomic mass is 35.5. The molecule has 150 valence electrons. The van der Waals surface area contributed by atoms with Gasteiger partial charge in [0.05, 0.1) is 0 Å². The second-order valence-corrected chi connectivity index (χ2v) is 7.17. The smallest absolute Gasteiger partial charge is 0.266 e. The van der Waals surface area contributed by atoms with Gasteiger partial charge in [0.25, 0.3) is 5.91 Å². The average molecular weight is 401 g/mol. The van der Waals surface area contributed by atoms with Gasteiger partial charge >= 0.3 is 0 Å². The lowest BCUT2D eigenvalue weighted by Crippen LogP contribution is -2.35. The van der Waals surface area contributed by atoms with Crippen LogP contribution in [0.1, 0.15) is 43.4 Å². The molecule has 28 heavy (non-hydrogen) atoms. The van der Waals surface area contributed by atoms with E-state index in [1.807, 2.05) is 48.5 Å². The number of hydrogen-bond donors (Lipinski definition) is 2. The Morgan fingerprint density at radius 1 is 1.11 bits per heavy atom. The molecule has 1 aliphatic heterocycles. The standard InChI is InChI=1S/C23H28N2O2.ClH/c1-17(2)20-9-6-10-21(15-20)27-22(19-7-4-3-5-8-19)23(26)25-16-18-11-13-24-14-12-18;/h3-11,15,17,22,24H,12-14,16H2,1-2H3,(H,25,26);1H. The second kappa shape index (κ2) is 10.9. The van der Waals surface area contributed by atoms with Crippen LogP contribution in [0.4, 0.5) is 0 Å². The normalized spacial score (nSPS) is 14.6. The molecule has 2 aromatic carbocycles. The van der Waals surface area contributed by atoms with Gasteiger partial charge in [0.1, 0.15) is 5.75 Å².